The van der Waals surface area contributed by atoms with E-state index in [1.54, 1.807) is 0 Å². The fourth-order valence-corrected chi connectivity index (χ4v) is 0. The molecule has 0 rings (SSSR count). The molecular weight excluding hydrogens is 68.1 g/mol. The lowest BCUT2D eigenvalue weighted by atomic mass is 11.7. The van der Waals surface area contributed by atoms with E-state index in [1.807, 2.05) is 0 Å². The maximum absolute atomic E-state index is 7.94. The molecule has 0 heterocycles. The Labute approximate surface area is 28.5 Å². The van der Waals surface area contributed by atoms with Gasteiger partial charge in [0.2, 0.25) is 0 Å². The zero-order chi connectivity index (χ0) is 3.41. The van der Waals surface area contributed by atoms with Crippen molar-refractivity contribution < 1.29 is 5.11 Å². The van der Waals surface area contributed by atoms with Crippen LogP contribution < -0.4 is 0 Å². The molecule has 0 aliphatic heterocycles. The summed E-state index contributed by atoms with van der Waals surface area (Å²) >= 11 is 0. The van der Waals surface area contributed by atoms with Gasteiger partial charge in [0.05, 0.1) is 0 Å². The van der Waals surface area contributed by atoms with Gasteiger partial charge in [-0.3, -0.25) is 0 Å². The van der Waals surface area contributed by atoms with Crippen LogP contribution in [0.1, 0.15) is 0 Å². The van der Waals surface area contributed by atoms with Crippen molar-refractivity contribution in [2.45, 2.75) is 6.55 Å². The molecule has 4 heavy (non-hydrogen) atoms. The maximum Gasteiger partial charge on any atom is 0.0482 e. The summed E-state index contributed by atoms with van der Waals surface area (Å²) in [5, 5.41) is 7.94. The van der Waals surface area contributed by atoms with Crippen LogP contribution in [0.5, 0.6) is 0 Å². The van der Waals surface area contributed by atoms with E-state index in [2.05, 4.69) is 6.55 Å². The largest absolute Gasteiger partial charge is 0.400 e. The highest BCUT2D eigenvalue weighted by Gasteiger charge is 1.59. The molecule has 0 radical (unpaired) electrons. The number of hydrogen-bond donors (Lipinski definition) is 1. The minimum atomic E-state index is -0.0201. The fraction of sp³-hybridized carbons (Fsp3) is 1.00. The van der Waals surface area contributed by atoms with Gasteiger partial charge in [0.15, 0.2) is 0 Å². The van der Waals surface area contributed by atoms with Gasteiger partial charge < -0.3 is 5.11 Å². The Kier molecular flexibility index (Phi) is 3.32. The van der Waals surface area contributed by atoms with Gasteiger partial charge >= 0.3 is 0 Å². The Morgan fingerprint density at radius 2 is 2.25 bits per heavy atom. The monoisotopic (exact) mass is 76.0 g/mol. The average Bonchev–Trinajstić information content (AvgIpc) is 1.37. The van der Waals surface area contributed by atoms with Gasteiger partial charge in [-0.05, 0) is 0 Å². The van der Waals surface area contributed by atoms with Crippen molar-refractivity contribution in [2.24, 2.45) is 0 Å². The predicted molar refractivity (Wildman–Crippen MR) is 21.5 cm³/mol. The van der Waals surface area contributed by atoms with Gasteiger partial charge in [-0.15, -0.1) is 0 Å². The van der Waals surface area contributed by atoms with Crippen molar-refractivity contribution in [3.8, 4) is 0 Å². The lowest BCUT2D eigenvalue weighted by molar-refractivity contribution is 0.366. The second-order valence-electron chi connectivity index (χ2n) is 0.724. The lowest BCUT2D eigenvalue weighted by Crippen LogP contribution is -1.85. The second kappa shape index (κ2) is 3.18. The highest BCUT2D eigenvalue weighted by Crippen LogP contribution is 1.42. The van der Waals surface area contributed by atoms with Crippen molar-refractivity contribution in [2.75, 3.05) is 6.23 Å². The van der Waals surface area contributed by atoms with Gasteiger partial charge in [0.1, 0.15) is 0 Å². The van der Waals surface area contributed by atoms with E-state index in [0.717, 1.165) is 0 Å². The molecule has 0 aromatic carbocycles. The Bertz CT molecular complexity index is 8.00. The first kappa shape index (κ1) is 4.18. The Balaban J connectivity index is 1.97. The smallest absolute Gasteiger partial charge is 0.0482 e. The summed E-state index contributed by atoms with van der Waals surface area (Å²) in [6, 6.07) is 0. The van der Waals surface area contributed by atoms with Crippen molar-refractivity contribution in [1.82, 2.24) is 0 Å². The van der Waals surface area contributed by atoms with Crippen LogP contribution >= 0.6 is 0 Å². The molecule has 0 aliphatic carbocycles. The molecule has 1 N–H and O–H groups in total. The maximum atomic E-state index is 7.94. The van der Waals surface area contributed by atoms with Gasteiger partial charge in [-0.25, -0.2) is 0 Å². The molecule has 0 saturated heterocycles. The zero-order valence-electron chi connectivity index (χ0n) is 2.86. The molecule has 0 aromatic heterocycles. The second-order valence-corrected chi connectivity index (χ2v) is 2.17. The van der Waals surface area contributed by atoms with E-state index in [9.17, 15) is 0 Å². The van der Waals surface area contributed by atoms with Crippen molar-refractivity contribution in [3.63, 3.8) is 0 Å². The molecule has 0 fully saturated rings. The Morgan fingerprint density at radius 3 is 2.25 bits per heavy atom. The van der Waals surface area contributed by atoms with Gasteiger partial charge in [0, 0.05) is 15.7 Å². The van der Waals surface area contributed by atoms with Crippen LogP contribution in [-0.4, -0.2) is 20.9 Å². The molecule has 1 nitrogen and oxygen atoms in total. The fourth-order valence-electron chi connectivity index (χ4n) is 0. The van der Waals surface area contributed by atoms with Crippen LogP contribution in [0.3, 0.4) is 0 Å². The number of rotatable bonds is 1. The van der Waals surface area contributed by atoms with E-state index in [-0.39, 0.29) is 9.52 Å². The summed E-state index contributed by atoms with van der Waals surface area (Å²) in [5.41, 5.74) is 0. The third-order valence-electron chi connectivity index (χ3n) is 0.224. The number of aliphatic hydroxyl groups is 1. The van der Waals surface area contributed by atoms with E-state index >= 15 is 0 Å². The van der Waals surface area contributed by atoms with Crippen LogP contribution in [-0.2, 0) is 0 Å². The summed E-state index contributed by atoms with van der Waals surface area (Å²) in [5.74, 6) is 0. The molecule has 0 saturated carbocycles. The van der Waals surface area contributed by atoms with Crippen molar-refractivity contribution >= 4 is 9.52 Å². The van der Waals surface area contributed by atoms with Gasteiger partial charge in [-0.2, -0.15) is 0 Å². The SMILES string of the molecule is C[SiH2]CO. The van der Waals surface area contributed by atoms with Crippen LogP contribution in [0.25, 0.3) is 0 Å². The zero-order valence-corrected chi connectivity index (χ0v) is 4.28. The molecule has 0 aromatic rings. The molecule has 0 atom stereocenters. The molecule has 0 aliphatic rings. The minimum absolute atomic E-state index is 0.0201. The third kappa shape index (κ3) is 2.18. The first-order valence-corrected chi connectivity index (χ1v) is 3.94. The third-order valence-corrected chi connectivity index (χ3v) is 0.671. The Morgan fingerprint density at radius 1 is 2.00 bits per heavy atom. The first-order chi connectivity index (χ1) is 1.91. The van der Waals surface area contributed by atoms with Gasteiger partial charge in [-0.1, -0.05) is 6.55 Å². The molecule has 0 unspecified atom stereocenters. The highest BCUT2D eigenvalue weighted by atomic mass is 28.2. The summed E-state index contributed by atoms with van der Waals surface area (Å²) in [6.07, 6.45) is 0.458. The van der Waals surface area contributed by atoms with Crippen LogP contribution in [0, 0.1) is 0 Å². The van der Waals surface area contributed by atoms with Crippen LogP contribution in [0.2, 0.25) is 6.55 Å². The van der Waals surface area contributed by atoms with Gasteiger partial charge in [0.25, 0.3) is 0 Å². The molecule has 0 amide bonds. The molecule has 0 spiro atoms. The van der Waals surface area contributed by atoms with E-state index in [4.69, 9.17) is 5.11 Å². The highest BCUT2D eigenvalue weighted by molar-refractivity contribution is 6.32. The summed E-state index contributed by atoms with van der Waals surface area (Å²) in [7, 11) is -0.0201. The molecular formula is C2H8OSi. The molecule has 26 valence electrons. The van der Waals surface area contributed by atoms with Crippen LogP contribution in [0.15, 0.2) is 0 Å². The summed E-state index contributed by atoms with van der Waals surface area (Å²) in [4.78, 5) is 0. The average molecular weight is 76.2 g/mol. The standard InChI is InChI=1S/C2H8OSi/c1-4-2-3/h3H,2,4H2,1H3. The minimum Gasteiger partial charge on any atom is -0.400 e. The number of aliphatic hydroxyl groups excluding tert-OH is 1. The predicted octanol–water partition coefficient (Wildman–Crippen LogP) is -0.847. The van der Waals surface area contributed by atoms with Crippen LogP contribution in [0.4, 0.5) is 0 Å². The number of hydrogen-bond acceptors (Lipinski definition) is 1. The van der Waals surface area contributed by atoms with E-state index < -0.39 is 0 Å². The van der Waals surface area contributed by atoms with Crippen molar-refractivity contribution in [1.29, 1.82) is 0 Å². The normalized spacial score (nSPS) is 10.5. The van der Waals surface area contributed by atoms with E-state index in [0.29, 0.717) is 6.23 Å². The Hall–Kier alpha value is 0.177. The quantitative estimate of drug-likeness (QED) is 0.403. The molecule has 2 heteroatoms. The molecule has 0 bridgehead atoms. The summed E-state index contributed by atoms with van der Waals surface area (Å²) < 4.78 is 0. The van der Waals surface area contributed by atoms with Crippen molar-refractivity contribution in [3.05, 3.63) is 0 Å². The summed E-state index contributed by atoms with van der Waals surface area (Å²) in [6.45, 7) is 2.07. The topological polar surface area (TPSA) is 20.2 Å². The lowest BCUT2D eigenvalue weighted by Gasteiger charge is -1.67. The van der Waals surface area contributed by atoms with E-state index in [1.165, 1.54) is 0 Å². The first-order valence-electron chi connectivity index (χ1n) is 1.52.